The molecule has 0 unspecified atom stereocenters. The van der Waals surface area contributed by atoms with Crippen LogP contribution in [0.5, 0.6) is 0 Å². The van der Waals surface area contributed by atoms with Gasteiger partial charge in [-0.2, -0.15) is 0 Å². The van der Waals surface area contributed by atoms with Crippen molar-refractivity contribution in [1.29, 1.82) is 0 Å². The largest absolute Gasteiger partial charge is 0.366 e. The van der Waals surface area contributed by atoms with E-state index in [1.165, 1.54) is 22.6 Å². The summed E-state index contributed by atoms with van der Waals surface area (Å²) in [6.07, 6.45) is 4.66. The number of nitrogens with zero attached hydrogens (tertiary/aromatic N) is 4. The highest BCUT2D eigenvalue weighted by Crippen LogP contribution is 2.23. The first kappa shape index (κ1) is 22.5. The lowest BCUT2D eigenvalue weighted by atomic mass is 10.2. The first-order valence-electron chi connectivity index (χ1n) is 10.5. The number of benzene rings is 2. The van der Waals surface area contributed by atoms with Gasteiger partial charge in [-0.3, -0.25) is 4.31 Å². The summed E-state index contributed by atoms with van der Waals surface area (Å²) in [5, 5.41) is 3.10. The molecule has 0 aliphatic carbocycles. The molecule has 9 heteroatoms. The molecule has 170 valence electrons. The summed E-state index contributed by atoms with van der Waals surface area (Å²) in [6, 6.07) is 17.0. The molecule has 0 atom stereocenters. The molecule has 0 saturated carbocycles. The molecule has 2 heterocycles. The molecule has 7 nitrogen and oxygen atoms in total. The van der Waals surface area contributed by atoms with Crippen LogP contribution >= 0.6 is 0 Å². The van der Waals surface area contributed by atoms with Crippen LogP contribution in [0.4, 0.5) is 15.9 Å². The Kier molecular flexibility index (Phi) is 6.41. The summed E-state index contributed by atoms with van der Waals surface area (Å²) in [6.45, 7) is 4.23. The van der Waals surface area contributed by atoms with Gasteiger partial charge in [-0.25, -0.2) is 22.8 Å². The highest BCUT2D eigenvalue weighted by Gasteiger charge is 2.23. The predicted octanol–water partition coefficient (Wildman–Crippen LogP) is 4.54. The zero-order valence-electron chi connectivity index (χ0n) is 18.3. The molecular weight excluding hydrogens is 441 g/mol. The van der Waals surface area contributed by atoms with Crippen molar-refractivity contribution in [2.45, 2.75) is 25.3 Å². The SMILES string of the molecule is CCN(c1ccccc1)S(=O)(=O)c1ccc(NCc2ccc(-n3ccnc3C)c(F)c2)nc1. The highest BCUT2D eigenvalue weighted by atomic mass is 32.2. The average molecular weight is 466 g/mol. The van der Waals surface area contributed by atoms with Crippen LogP contribution in [0, 0.1) is 12.7 Å². The zero-order valence-corrected chi connectivity index (χ0v) is 19.1. The second-order valence-corrected chi connectivity index (χ2v) is 9.23. The second kappa shape index (κ2) is 9.41. The fourth-order valence-electron chi connectivity index (χ4n) is 3.53. The van der Waals surface area contributed by atoms with Crippen molar-refractivity contribution >= 4 is 21.5 Å². The molecule has 4 rings (SSSR count). The lowest BCUT2D eigenvalue weighted by Gasteiger charge is -2.22. The summed E-state index contributed by atoms with van der Waals surface area (Å²) in [4.78, 5) is 8.46. The Bertz CT molecular complexity index is 1340. The van der Waals surface area contributed by atoms with E-state index < -0.39 is 10.0 Å². The van der Waals surface area contributed by atoms with Crippen molar-refractivity contribution in [3.8, 4) is 5.69 Å². The number of hydrogen-bond donors (Lipinski definition) is 1. The third kappa shape index (κ3) is 4.73. The lowest BCUT2D eigenvalue weighted by molar-refractivity contribution is 0.591. The fourth-order valence-corrected chi connectivity index (χ4v) is 4.95. The number of imidazole rings is 1. The van der Waals surface area contributed by atoms with Crippen LogP contribution in [0.25, 0.3) is 5.69 Å². The van der Waals surface area contributed by atoms with Crippen molar-refractivity contribution in [1.82, 2.24) is 14.5 Å². The van der Waals surface area contributed by atoms with Crippen LogP contribution < -0.4 is 9.62 Å². The molecule has 0 fully saturated rings. The first-order valence-corrected chi connectivity index (χ1v) is 11.9. The Morgan fingerprint density at radius 1 is 1.06 bits per heavy atom. The van der Waals surface area contributed by atoms with E-state index in [2.05, 4.69) is 15.3 Å². The van der Waals surface area contributed by atoms with Crippen LogP contribution in [0.3, 0.4) is 0 Å². The molecule has 33 heavy (non-hydrogen) atoms. The number of nitrogens with one attached hydrogen (secondary N) is 1. The Morgan fingerprint density at radius 3 is 2.45 bits per heavy atom. The zero-order chi connectivity index (χ0) is 23.4. The van der Waals surface area contributed by atoms with Gasteiger partial charge in [0.05, 0.1) is 11.4 Å². The lowest BCUT2D eigenvalue weighted by Crippen LogP contribution is -2.30. The van der Waals surface area contributed by atoms with Gasteiger partial charge in [-0.1, -0.05) is 24.3 Å². The molecule has 0 aliphatic rings. The van der Waals surface area contributed by atoms with Crippen LogP contribution in [-0.2, 0) is 16.6 Å². The van der Waals surface area contributed by atoms with Crippen molar-refractivity contribution in [3.63, 3.8) is 0 Å². The van der Waals surface area contributed by atoms with Gasteiger partial charge in [0.2, 0.25) is 0 Å². The number of pyridine rings is 1. The molecule has 0 bridgehead atoms. The monoisotopic (exact) mass is 465 g/mol. The summed E-state index contributed by atoms with van der Waals surface area (Å²) in [7, 11) is -3.74. The van der Waals surface area contributed by atoms with E-state index in [4.69, 9.17) is 0 Å². The Balaban J connectivity index is 1.46. The number of aromatic nitrogens is 3. The van der Waals surface area contributed by atoms with Crippen molar-refractivity contribution in [3.05, 3.63) is 96.5 Å². The van der Waals surface area contributed by atoms with Gasteiger partial charge in [-0.05, 0) is 55.8 Å². The molecule has 4 aromatic rings. The molecule has 0 spiro atoms. The molecule has 2 aromatic heterocycles. The molecule has 2 aromatic carbocycles. The van der Waals surface area contributed by atoms with Crippen molar-refractivity contribution in [2.75, 3.05) is 16.2 Å². The van der Waals surface area contributed by atoms with E-state index in [0.29, 0.717) is 36.1 Å². The quantitative estimate of drug-likeness (QED) is 0.413. The van der Waals surface area contributed by atoms with Crippen LogP contribution in [0.2, 0.25) is 0 Å². The minimum atomic E-state index is -3.74. The van der Waals surface area contributed by atoms with Gasteiger partial charge in [0.1, 0.15) is 22.4 Å². The topological polar surface area (TPSA) is 80.1 Å². The number of halogens is 1. The number of aryl methyl sites for hydroxylation is 1. The molecular formula is C24H24FN5O2S. The summed E-state index contributed by atoms with van der Waals surface area (Å²) >= 11 is 0. The fraction of sp³-hybridized carbons (Fsp3) is 0.167. The highest BCUT2D eigenvalue weighted by molar-refractivity contribution is 7.92. The second-order valence-electron chi connectivity index (χ2n) is 7.37. The number of para-hydroxylation sites is 1. The van der Waals surface area contributed by atoms with Crippen molar-refractivity contribution < 1.29 is 12.8 Å². The summed E-state index contributed by atoms with van der Waals surface area (Å²) < 4.78 is 43.7. The number of rotatable bonds is 8. The maximum Gasteiger partial charge on any atom is 0.265 e. The van der Waals surface area contributed by atoms with Gasteiger partial charge >= 0.3 is 0 Å². The Labute approximate surface area is 192 Å². The third-order valence-corrected chi connectivity index (χ3v) is 7.11. The minimum absolute atomic E-state index is 0.102. The van der Waals surface area contributed by atoms with E-state index in [0.717, 1.165) is 5.56 Å². The predicted molar refractivity (Wildman–Crippen MR) is 126 cm³/mol. The van der Waals surface area contributed by atoms with Gasteiger partial charge in [-0.15, -0.1) is 0 Å². The normalized spacial score (nSPS) is 11.4. The van der Waals surface area contributed by atoms with Crippen LogP contribution in [0.1, 0.15) is 18.3 Å². The van der Waals surface area contributed by atoms with Gasteiger partial charge in [0, 0.05) is 31.7 Å². The first-order chi connectivity index (χ1) is 15.9. The number of hydrogen-bond acceptors (Lipinski definition) is 5. The van der Waals surface area contributed by atoms with Crippen LogP contribution in [-0.4, -0.2) is 29.5 Å². The molecule has 0 aliphatic heterocycles. The Morgan fingerprint density at radius 2 is 1.85 bits per heavy atom. The Hall–Kier alpha value is -3.72. The van der Waals surface area contributed by atoms with Crippen LogP contribution in [0.15, 0.2) is 84.1 Å². The number of sulfonamides is 1. The molecule has 0 saturated heterocycles. The maximum absolute atomic E-state index is 14.6. The molecule has 1 N–H and O–H groups in total. The summed E-state index contributed by atoms with van der Waals surface area (Å²) in [5.74, 6) is 0.838. The minimum Gasteiger partial charge on any atom is -0.366 e. The standard InChI is InChI=1S/C24H24FN5O2S/c1-3-30(20-7-5-4-6-8-20)33(31,32)21-10-12-24(28-17-21)27-16-19-9-11-23(22(25)15-19)29-14-13-26-18(29)2/h4-15,17H,3,16H2,1-2H3,(H,27,28). The van der Waals surface area contributed by atoms with E-state index >= 15 is 0 Å². The van der Waals surface area contributed by atoms with Gasteiger partial charge < -0.3 is 9.88 Å². The average Bonchev–Trinajstić information content (AvgIpc) is 3.24. The molecule has 0 amide bonds. The summed E-state index contributed by atoms with van der Waals surface area (Å²) in [5.41, 5.74) is 1.76. The third-order valence-electron chi connectivity index (χ3n) is 5.23. The molecule has 0 radical (unpaired) electrons. The van der Waals surface area contributed by atoms with Crippen molar-refractivity contribution in [2.24, 2.45) is 0 Å². The van der Waals surface area contributed by atoms with E-state index in [-0.39, 0.29) is 10.7 Å². The smallest absolute Gasteiger partial charge is 0.265 e. The van der Waals surface area contributed by atoms with E-state index in [1.807, 2.05) is 19.1 Å². The van der Waals surface area contributed by atoms with Gasteiger partial charge in [0.25, 0.3) is 10.0 Å². The maximum atomic E-state index is 14.6. The number of anilines is 2. The van der Waals surface area contributed by atoms with Gasteiger partial charge in [0.15, 0.2) is 0 Å². The van der Waals surface area contributed by atoms with E-state index in [1.54, 1.807) is 60.3 Å². The van der Waals surface area contributed by atoms with E-state index in [9.17, 15) is 12.8 Å².